The number of amides is 1. The van der Waals surface area contributed by atoms with Gasteiger partial charge in [-0.05, 0) is 18.2 Å². The van der Waals surface area contributed by atoms with Crippen molar-refractivity contribution in [1.29, 1.82) is 0 Å². The Labute approximate surface area is 179 Å². The van der Waals surface area contributed by atoms with Gasteiger partial charge in [-0.15, -0.1) is 0 Å². The maximum Gasteiger partial charge on any atom is 0.471 e. The lowest BCUT2D eigenvalue weighted by Gasteiger charge is -2.27. The Morgan fingerprint density at radius 2 is 1.94 bits per heavy atom. The van der Waals surface area contributed by atoms with Crippen molar-refractivity contribution in [1.82, 2.24) is 20.1 Å². The number of rotatable bonds is 5. The van der Waals surface area contributed by atoms with Crippen LogP contribution in [0.4, 0.5) is 29.5 Å². The van der Waals surface area contributed by atoms with Gasteiger partial charge < -0.3 is 18.9 Å². The van der Waals surface area contributed by atoms with Gasteiger partial charge in [0, 0.05) is 24.8 Å². The number of anilines is 2. The van der Waals surface area contributed by atoms with Crippen molar-refractivity contribution in [2.45, 2.75) is 12.8 Å². The van der Waals surface area contributed by atoms with Gasteiger partial charge in [0.05, 0.1) is 25.1 Å². The van der Waals surface area contributed by atoms with E-state index in [0.717, 1.165) is 18.9 Å². The highest BCUT2D eigenvalue weighted by atomic mass is 19.4. The van der Waals surface area contributed by atoms with E-state index in [1.807, 2.05) is 12.1 Å². The number of nitrogens with zero attached hydrogens (tertiary/aromatic N) is 5. The first-order valence-corrected chi connectivity index (χ1v) is 9.47. The fourth-order valence-electron chi connectivity index (χ4n) is 2.83. The zero-order chi connectivity index (χ0) is 22.6. The van der Waals surface area contributed by atoms with Gasteiger partial charge in [0.15, 0.2) is 0 Å². The second-order valence-corrected chi connectivity index (χ2v) is 6.68. The summed E-state index contributed by atoms with van der Waals surface area (Å²) in [5.41, 5.74) is 1.04. The molecule has 0 bridgehead atoms. The van der Waals surface area contributed by atoms with E-state index in [9.17, 15) is 18.0 Å². The number of aromatic nitrogens is 4. The van der Waals surface area contributed by atoms with E-state index in [4.69, 9.17) is 9.47 Å². The number of carbonyl (C=O) groups excluding carboxylic acids is 1. The molecule has 10 nitrogen and oxygen atoms in total. The van der Waals surface area contributed by atoms with Crippen LogP contribution >= 0.6 is 0 Å². The molecule has 0 aromatic carbocycles. The SMILES string of the molecule is O=C(Nc1ccc(-c2noc(C(F)(F)F)n2)nc1)OCc1ccc(N2CCOCC2)nc1. The van der Waals surface area contributed by atoms with E-state index in [2.05, 4.69) is 34.8 Å². The Morgan fingerprint density at radius 3 is 2.56 bits per heavy atom. The predicted molar refractivity (Wildman–Crippen MR) is 104 cm³/mol. The minimum atomic E-state index is -4.74. The van der Waals surface area contributed by atoms with Crippen molar-refractivity contribution in [3.05, 3.63) is 48.1 Å². The lowest BCUT2D eigenvalue weighted by Crippen LogP contribution is -2.36. The summed E-state index contributed by atoms with van der Waals surface area (Å²) < 4.78 is 52.2. The zero-order valence-corrected chi connectivity index (χ0v) is 16.5. The fourth-order valence-corrected chi connectivity index (χ4v) is 2.83. The van der Waals surface area contributed by atoms with Crippen LogP contribution in [0.25, 0.3) is 11.5 Å². The van der Waals surface area contributed by atoms with Gasteiger partial charge in [-0.25, -0.2) is 9.78 Å². The van der Waals surface area contributed by atoms with E-state index in [1.165, 1.54) is 18.3 Å². The third-order valence-corrected chi connectivity index (χ3v) is 4.42. The first-order chi connectivity index (χ1) is 15.4. The van der Waals surface area contributed by atoms with Gasteiger partial charge >= 0.3 is 18.2 Å². The summed E-state index contributed by atoms with van der Waals surface area (Å²) in [5, 5.41) is 5.72. The van der Waals surface area contributed by atoms with Crippen LogP contribution in [-0.4, -0.2) is 52.5 Å². The molecule has 3 aromatic heterocycles. The lowest BCUT2D eigenvalue weighted by atomic mass is 10.3. The number of hydrogen-bond donors (Lipinski definition) is 1. The summed E-state index contributed by atoms with van der Waals surface area (Å²) in [5.74, 6) is -0.955. The molecular weight excluding hydrogens is 433 g/mol. The average Bonchev–Trinajstić information content (AvgIpc) is 3.30. The summed E-state index contributed by atoms with van der Waals surface area (Å²) in [6, 6.07) is 6.44. The number of alkyl halides is 3. The van der Waals surface area contributed by atoms with Crippen LogP contribution in [0.5, 0.6) is 0 Å². The van der Waals surface area contributed by atoms with Gasteiger partial charge in [0.25, 0.3) is 0 Å². The molecule has 1 saturated heterocycles. The highest BCUT2D eigenvalue weighted by molar-refractivity contribution is 5.84. The van der Waals surface area contributed by atoms with E-state index < -0.39 is 18.2 Å². The number of hydrogen-bond acceptors (Lipinski definition) is 9. The largest absolute Gasteiger partial charge is 0.471 e. The van der Waals surface area contributed by atoms with Crippen LogP contribution in [-0.2, 0) is 22.3 Å². The molecule has 0 spiro atoms. The van der Waals surface area contributed by atoms with Crippen molar-refractivity contribution in [3.63, 3.8) is 0 Å². The highest BCUT2D eigenvalue weighted by Crippen LogP contribution is 2.29. The van der Waals surface area contributed by atoms with E-state index >= 15 is 0 Å². The Balaban J connectivity index is 1.28. The Bertz CT molecular complexity index is 1050. The molecule has 4 rings (SSSR count). The molecule has 3 aromatic rings. The summed E-state index contributed by atoms with van der Waals surface area (Å²) >= 11 is 0. The van der Waals surface area contributed by atoms with Crippen molar-refractivity contribution >= 4 is 17.6 Å². The van der Waals surface area contributed by atoms with Gasteiger partial charge in [-0.2, -0.15) is 18.2 Å². The Hall–Kier alpha value is -3.74. The highest BCUT2D eigenvalue weighted by Gasteiger charge is 2.38. The molecule has 1 aliphatic rings. The second-order valence-electron chi connectivity index (χ2n) is 6.68. The lowest BCUT2D eigenvalue weighted by molar-refractivity contribution is -0.159. The summed E-state index contributed by atoms with van der Waals surface area (Å²) in [4.78, 5) is 25.7. The molecule has 0 aliphatic carbocycles. The number of carbonyl (C=O) groups is 1. The van der Waals surface area contributed by atoms with Gasteiger partial charge in [0.1, 0.15) is 18.1 Å². The number of pyridine rings is 2. The molecule has 1 N–H and O–H groups in total. The summed E-state index contributed by atoms with van der Waals surface area (Å²) in [6.45, 7) is 2.87. The molecular formula is C19H17F3N6O4. The Kier molecular flexibility index (Phi) is 6.16. The molecule has 1 fully saturated rings. The van der Waals surface area contributed by atoms with Crippen LogP contribution in [0.3, 0.4) is 0 Å². The third-order valence-electron chi connectivity index (χ3n) is 4.42. The van der Waals surface area contributed by atoms with Crippen molar-refractivity contribution in [2.24, 2.45) is 0 Å². The molecule has 4 heterocycles. The van der Waals surface area contributed by atoms with Crippen LogP contribution in [0.15, 0.2) is 41.2 Å². The van der Waals surface area contributed by atoms with Gasteiger partial charge in [-0.3, -0.25) is 10.3 Å². The normalized spacial score (nSPS) is 14.3. The maximum absolute atomic E-state index is 12.5. The first kappa shape index (κ1) is 21.5. The van der Waals surface area contributed by atoms with Crippen LogP contribution in [0.2, 0.25) is 0 Å². The first-order valence-electron chi connectivity index (χ1n) is 9.47. The standard InChI is InChI=1S/C19H17F3N6O4/c20-19(21,22)17-26-16(27-32-17)14-3-2-13(10-23-14)25-18(29)31-11-12-1-4-15(24-9-12)28-5-7-30-8-6-28/h1-4,9-10H,5-8,11H2,(H,25,29). The monoisotopic (exact) mass is 450 g/mol. The third kappa shape index (κ3) is 5.29. The van der Waals surface area contributed by atoms with Gasteiger partial charge in [0.2, 0.25) is 5.82 Å². The minimum Gasteiger partial charge on any atom is -0.444 e. The number of ether oxygens (including phenoxy) is 2. The van der Waals surface area contributed by atoms with Gasteiger partial charge in [-0.1, -0.05) is 11.2 Å². The van der Waals surface area contributed by atoms with Crippen molar-refractivity contribution in [2.75, 3.05) is 36.5 Å². The van der Waals surface area contributed by atoms with Crippen LogP contribution in [0.1, 0.15) is 11.5 Å². The molecule has 13 heteroatoms. The molecule has 0 unspecified atom stereocenters. The average molecular weight is 450 g/mol. The number of nitrogens with one attached hydrogen (secondary N) is 1. The molecule has 0 saturated carbocycles. The smallest absolute Gasteiger partial charge is 0.444 e. The van der Waals surface area contributed by atoms with Crippen molar-refractivity contribution in [3.8, 4) is 11.5 Å². The second kappa shape index (κ2) is 9.18. The quantitative estimate of drug-likeness (QED) is 0.626. The Morgan fingerprint density at radius 1 is 1.12 bits per heavy atom. The van der Waals surface area contributed by atoms with Crippen LogP contribution < -0.4 is 10.2 Å². The van der Waals surface area contributed by atoms with Crippen molar-refractivity contribution < 1.29 is 32.0 Å². The van der Waals surface area contributed by atoms with Crippen LogP contribution in [0, 0.1) is 0 Å². The fraction of sp³-hybridized carbons (Fsp3) is 0.316. The van der Waals surface area contributed by atoms with E-state index in [1.54, 1.807) is 6.20 Å². The molecule has 0 radical (unpaired) electrons. The summed E-state index contributed by atoms with van der Waals surface area (Å²) in [6.07, 6.45) is -2.60. The maximum atomic E-state index is 12.5. The number of morpholine rings is 1. The molecule has 0 atom stereocenters. The molecule has 32 heavy (non-hydrogen) atoms. The predicted octanol–water partition coefficient (Wildman–Crippen LogP) is 3.13. The minimum absolute atomic E-state index is 0.0107. The van der Waals surface area contributed by atoms with E-state index in [-0.39, 0.29) is 23.8 Å². The summed E-state index contributed by atoms with van der Waals surface area (Å²) in [7, 11) is 0. The zero-order valence-electron chi connectivity index (χ0n) is 16.5. The van der Waals surface area contributed by atoms with E-state index in [0.29, 0.717) is 18.8 Å². The molecule has 1 aliphatic heterocycles. The topological polar surface area (TPSA) is 116 Å². The number of halogens is 3. The molecule has 168 valence electrons. The molecule has 1 amide bonds.